The van der Waals surface area contributed by atoms with Gasteiger partial charge in [0.25, 0.3) is 0 Å². The molecule has 29 heavy (non-hydrogen) atoms. The van der Waals surface area contributed by atoms with E-state index in [0.29, 0.717) is 0 Å². The summed E-state index contributed by atoms with van der Waals surface area (Å²) in [4.78, 5) is 2.10. The van der Waals surface area contributed by atoms with E-state index in [1.165, 1.54) is 0 Å². The van der Waals surface area contributed by atoms with Gasteiger partial charge in [0.15, 0.2) is 0 Å². The molecule has 144 valence electrons. The maximum atomic E-state index is 5.18. The zero-order valence-electron chi connectivity index (χ0n) is 16.4. The fraction of sp³-hybridized carbons (Fsp3) is 0.0833. The third-order valence-corrected chi connectivity index (χ3v) is 4.69. The third-order valence-electron chi connectivity index (χ3n) is 4.69. The number of anilines is 3. The van der Waals surface area contributed by atoms with Gasteiger partial charge in [0.1, 0.15) is 5.75 Å². The Labute approximate surface area is 170 Å². The second kappa shape index (κ2) is 8.44. The van der Waals surface area contributed by atoms with Crippen molar-refractivity contribution in [1.82, 2.24) is 0 Å². The molecule has 0 saturated carbocycles. The van der Waals surface area contributed by atoms with Gasteiger partial charge in [-0.05, 0) is 60.7 Å². The lowest BCUT2D eigenvalue weighted by Crippen LogP contribution is -2.13. The van der Waals surface area contributed by atoms with Crippen LogP contribution in [0.1, 0.15) is 5.56 Å². The first-order chi connectivity index (χ1) is 14.2. The molecule has 0 aliphatic carbocycles. The van der Waals surface area contributed by atoms with Crippen molar-refractivity contribution in [2.75, 3.05) is 24.4 Å². The lowest BCUT2D eigenvalue weighted by atomic mass is 10.0. The zero-order chi connectivity index (χ0) is 20.1. The molecule has 1 heterocycles. The Balaban J connectivity index is 1.44. The molecule has 1 N–H and O–H groups in total. The molecule has 0 amide bonds. The van der Waals surface area contributed by atoms with Crippen LogP contribution in [0.25, 0.3) is 5.57 Å². The normalized spacial score (nSPS) is 14.3. The number of hydrogen-bond acceptors (Lipinski definition) is 5. The molecule has 0 saturated heterocycles. The Morgan fingerprint density at radius 3 is 2.31 bits per heavy atom. The Morgan fingerprint density at radius 1 is 0.897 bits per heavy atom. The van der Waals surface area contributed by atoms with E-state index in [-0.39, 0.29) is 0 Å². The fourth-order valence-corrected chi connectivity index (χ4v) is 3.11. The minimum atomic E-state index is 0.798. The van der Waals surface area contributed by atoms with Crippen LogP contribution >= 0.6 is 0 Å². The Bertz CT molecular complexity index is 1070. The second-order valence-electron chi connectivity index (χ2n) is 6.64. The molecule has 0 unspecified atom stereocenters. The van der Waals surface area contributed by atoms with Crippen molar-refractivity contribution in [2.45, 2.75) is 0 Å². The van der Waals surface area contributed by atoms with Gasteiger partial charge in [0, 0.05) is 41.4 Å². The minimum absolute atomic E-state index is 0.798. The Hall–Kier alpha value is -3.86. The monoisotopic (exact) mass is 382 g/mol. The molecule has 5 heteroatoms. The molecular weight excluding hydrogens is 360 g/mol. The van der Waals surface area contributed by atoms with Crippen LogP contribution in [0.3, 0.4) is 0 Å². The zero-order valence-corrected chi connectivity index (χ0v) is 16.4. The van der Waals surface area contributed by atoms with Crippen LogP contribution in [-0.2, 0) is 0 Å². The molecule has 1 aliphatic rings. The van der Waals surface area contributed by atoms with Crippen molar-refractivity contribution < 1.29 is 4.74 Å². The van der Waals surface area contributed by atoms with Crippen LogP contribution in [0, 0.1) is 0 Å². The van der Waals surface area contributed by atoms with E-state index in [4.69, 9.17) is 4.74 Å². The summed E-state index contributed by atoms with van der Waals surface area (Å²) in [6.07, 6.45) is 5.87. The van der Waals surface area contributed by atoms with Gasteiger partial charge in [-0.2, -0.15) is 10.2 Å². The first-order valence-corrected chi connectivity index (χ1v) is 9.35. The lowest BCUT2D eigenvalue weighted by Gasteiger charge is -2.23. The largest absolute Gasteiger partial charge is 0.497 e. The van der Waals surface area contributed by atoms with Crippen molar-refractivity contribution >= 4 is 28.3 Å². The molecule has 0 bridgehead atoms. The number of ether oxygens (including phenoxy) is 1. The number of fused-ring (bicyclic) bond motifs is 1. The van der Waals surface area contributed by atoms with Crippen molar-refractivity contribution in [1.29, 1.82) is 0 Å². The average Bonchev–Trinajstić information content (AvgIpc) is 2.77. The highest BCUT2D eigenvalue weighted by Gasteiger charge is 2.12. The quantitative estimate of drug-likeness (QED) is 0.511. The van der Waals surface area contributed by atoms with Crippen LogP contribution in [0.2, 0.25) is 0 Å². The van der Waals surface area contributed by atoms with Crippen LogP contribution in [-0.4, -0.2) is 14.2 Å². The van der Waals surface area contributed by atoms with Gasteiger partial charge in [-0.1, -0.05) is 18.2 Å². The summed E-state index contributed by atoms with van der Waals surface area (Å²) in [7, 11) is 3.70. The van der Waals surface area contributed by atoms with Crippen LogP contribution in [0.15, 0.2) is 102 Å². The third kappa shape index (κ3) is 4.35. The van der Waals surface area contributed by atoms with Crippen molar-refractivity contribution in [3.8, 4) is 5.75 Å². The number of rotatable bonds is 5. The first kappa shape index (κ1) is 18.5. The summed E-state index contributed by atoms with van der Waals surface area (Å²) in [5.41, 5.74) is 6.13. The summed E-state index contributed by atoms with van der Waals surface area (Å²) in [6, 6.07) is 23.9. The predicted octanol–water partition coefficient (Wildman–Crippen LogP) is 6.53. The predicted molar refractivity (Wildman–Crippen MR) is 119 cm³/mol. The standard InChI is InChI=1S/C24H22N4O/c1-28-16-15-18(23-5-3-4-6-24(23)28)17-25-27-21-9-7-19(8-10-21)26-20-11-13-22(29-2)14-12-20/h3-17,26H,1-2H3/b18-17+,27-25?. The van der Waals surface area contributed by atoms with Gasteiger partial charge in [-0.15, -0.1) is 0 Å². The number of hydrogen-bond donors (Lipinski definition) is 1. The summed E-state index contributed by atoms with van der Waals surface area (Å²) in [6.45, 7) is 0. The number of nitrogens with one attached hydrogen (secondary N) is 1. The molecule has 3 aromatic rings. The number of para-hydroxylation sites is 1. The Kier molecular flexibility index (Phi) is 5.38. The SMILES string of the molecule is COc1ccc(Nc2ccc(N=N/C=C3\C=CN(C)c4ccccc43)cc2)cc1. The van der Waals surface area contributed by atoms with Crippen molar-refractivity contribution in [3.63, 3.8) is 0 Å². The molecule has 0 fully saturated rings. The van der Waals surface area contributed by atoms with Crippen LogP contribution < -0.4 is 15.0 Å². The van der Waals surface area contributed by atoms with E-state index < -0.39 is 0 Å². The highest BCUT2D eigenvalue weighted by molar-refractivity contribution is 5.85. The van der Waals surface area contributed by atoms with E-state index in [9.17, 15) is 0 Å². The fourth-order valence-electron chi connectivity index (χ4n) is 3.11. The molecule has 3 aromatic carbocycles. The summed E-state index contributed by atoms with van der Waals surface area (Å²) in [5.74, 6) is 0.836. The van der Waals surface area contributed by atoms with E-state index in [0.717, 1.165) is 39.6 Å². The molecule has 0 atom stereocenters. The lowest BCUT2D eigenvalue weighted by molar-refractivity contribution is 0.415. The molecule has 4 rings (SSSR count). The molecule has 1 aliphatic heterocycles. The number of azo groups is 1. The van der Waals surface area contributed by atoms with Crippen LogP contribution in [0.4, 0.5) is 22.7 Å². The van der Waals surface area contributed by atoms with E-state index in [1.54, 1.807) is 13.3 Å². The van der Waals surface area contributed by atoms with E-state index in [1.807, 2.05) is 80.0 Å². The maximum Gasteiger partial charge on any atom is 0.119 e. The first-order valence-electron chi connectivity index (χ1n) is 9.35. The van der Waals surface area contributed by atoms with Crippen molar-refractivity contribution in [3.05, 3.63) is 96.8 Å². The van der Waals surface area contributed by atoms with Gasteiger partial charge in [0.2, 0.25) is 0 Å². The van der Waals surface area contributed by atoms with E-state index in [2.05, 4.69) is 32.6 Å². The molecule has 0 spiro atoms. The van der Waals surface area contributed by atoms with Crippen molar-refractivity contribution in [2.24, 2.45) is 10.2 Å². The highest BCUT2D eigenvalue weighted by atomic mass is 16.5. The summed E-state index contributed by atoms with van der Waals surface area (Å²) < 4.78 is 5.18. The number of benzene rings is 3. The average molecular weight is 382 g/mol. The molecule has 0 radical (unpaired) electrons. The minimum Gasteiger partial charge on any atom is -0.497 e. The molecular formula is C24H22N4O. The van der Waals surface area contributed by atoms with Gasteiger partial charge in [0.05, 0.1) is 19.0 Å². The smallest absolute Gasteiger partial charge is 0.119 e. The van der Waals surface area contributed by atoms with Crippen LogP contribution in [0.5, 0.6) is 5.75 Å². The summed E-state index contributed by atoms with van der Waals surface area (Å²) in [5, 5.41) is 12.0. The number of allylic oxidation sites excluding steroid dienone is 2. The summed E-state index contributed by atoms with van der Waals surface area (Å²) >= 11 is 0. The maximum absolute atomic E-state index is 5.18. The highest BCUT2D eigenvalue weighted by Crippen LogP contribution is 2.31. The molecule has 0 aromatic heterocycles. The van der Waals surface area contributed by atoms with Gasteiger partial charge < -0.3 is 15.0 Å². The topological polar surface area (TPSA) is 49.2 Å². The van der Waals surface area contributed by atoms with Gasteiger partial charge in [-0.3, -0.25) is 0 Å². The number of methoxy groups -OCH3 is 1. The number of nitrogens with zero attached hydrogens (tertiary/aromatic N) is 3. The Morgan fingerprint density at radius 2 is 1.59 bits per heavy atom. The van der Waals surface area contributed by atoms with Gasteiger partial charge >= 0.3 is 0 Å². The molecule has 5 nitrogen and oxygen atoms in total. The second-order valence-corrected chi connectivity index (χ2v) is 6.64. The van der Waals surface area contributed by atoms with Gasteiger partial charge in [-0.25, -0.2) is 0 Å². The van der Waals surface area contributed by atoms with E-state index >= 15 is 0 Å².